The molecule has 0 heterocycles. The number of benzene rings is 1. The maximum atomic E-state index is 13.1. The summed E-state index contributed by atoms with van der Waals surface area (Å²) in [6, 6.07) is 3.44. The summed E-state index contributed by atoms with van der Waals surface area (Å²) in [6.45, 7) is 0. The smallest absolute Gasteiger partial charge is 0.146 e. The zero-order valence-corrected chi connectivity index (χ0v) is 7.14. The molecule has 0 aliphatic carbocycles. The number of halogens is 2. The van der Waals surface area contributed by atoms with Gasteiger partial charge in [0.25, 0.3) is 0 Å². The number of nitrogen functional groups attached to an aromatic ring is 1. The fraction of sp³-hybridized carbons (Fsp3) is 0.111. The molecular weight excluding hydrogens is 188 g/mol. The van der Waals surface area contributed by atoms with Crippen LogP contribution >= 0.6 is 0 Å². The molecule has 0 bridgehead atoms. The van der Waals surface area contributed by atoms with Gasteiger partial charge in [0.05, 0.1) is 29.5 Å². The maximum absolute atomic E-state index is 13.1. The summed E-state index contributed by atoms with van der Waals surface area (Å²) in [6.07, 6.45) is -0.301. The molecule has 0 radical (unpaired) electrons. The SMILES string of the molecule is N#CCC(=N)c1c(F)ccc(F)c1N. The Hall–Kier alpha value is -1.96. The molecule has 0 unspecified atom stereocenters. The Morgan fingerprint density at radius 1 is 1.43 bits per heavy atom. The van der Waals surface area contributed by atoms with Crippen molar-refractivity contribution >= 4 is 11.4 Å². The van der Waals surface area contributed by atoms with E-state index in [9.17, 15) is 8.78 Å². The predicted octanol–water partition coefficient (Wildman–Crippen LogP) is 1.83. The highest BCUT2D eigenvalue weighted by Crippen LogP contribution is 2.20. The van der Waals surface area contributed by atoms with Crippen molar-refractivity contribution in [3.05, 3.63) is 29.3 Å². The molecule has 0 aromatic heterocycles. The van der Waals surface area contributed by atoms with Crippen LogP contribution < -0.4 is 5.73 Å². The van der Waals surface area contributed by atoms with Crippen molar-refractivity contribution < 1.29 is 8.78 Å². The van der Waals surface area contributed by atoms with Crippen molar-refractivity contribution in [2.75, 3.05) is 5.73 Å². The minimum Gasteiger partial charge on any atom is -0.396 e. The van der Waals surface area contributed by atoms with Crippen LogP contribution in [0.1, 0.15) is 12.0 Å². The van der Waals surface area contributed by atoms with Gasteiger partial charge in [0.2, 0.25) is 0 Å². The molecule has 0 saturated carbocycles. The van der Waals surface area contributed by atoms with Crippen LogP contribution in [0.3, 0.4) is 0 Å². The van der Waals surface area contributed by atoms with E-state index in [2.05, 4.69) is 0 Å². The Morgan fingerprint density at radius 2 is 2.00 bits per heavy atom. The molecule has 3 nitrogen and oxygen atoms in total. The van der Waals surface area contributed by atoms with E-state index in [0.29, 0.717) is 0 Å². The van der Waals surface area contributed by atoms with Gasteiger partial charge >= 0.3 is 0 Å². The second-order valence-electron chi connectivity index (χ2n) is 2.63. The van der Waals surface area contributed by atoms with E-state index in [0.717, 1.165) is 12.1 Å². The highest BCUT2D eigenvalue weighted by Gasteiger charge is 2.14. The normalized spacial score (nSPS) is 9.50. The number of hydrogen-bond acceptors (Lipinski definition) is 3. The van der Waals surface area contributed by atoms with E-state index >= 15 is 0 Å². The van der Waals surface area contributed by atoms with Gasteiger partial charge in [0.1, 0.15) is 11.6 Å². The second kappa shape index (κ2) is 3.83. The maximum Gasteiger partial charge on any atom is 0.146 e. The summed E-state index contributed by atoms with van der Waals surface area (Å²) in [4.78, 5) is 0. The number of nitriles is 1. The molecular formula is C9H7F2N3. The quantitative estimate of drug-likeness (QED) is 0.558. The van der Waals surface area contributed by atoms with E-state index < -0.39 is 17.3 Å². The van der Waals surface area contributed by atoms with Crippen LogP contribution in [0.2, 0.25) is 0 Å². The van der Waals surface area contributed by atoms with Gasteiger partial charge in [0, 0.05) is 0 Å². The number of nitrogens with zero attached hydrogens (tertiary/aromatic N) is 1. The molecule has 0 aliphatic rings. The van der Waals surface area contributed by atoms with Crippen molar-refractivity contribution in [2.24, 2.45) is 0 Å². The molecule has 1 rings (SSSR count). The van der Waals surface area contributed by atoms with Crippen molar-refractivity contribution in [3.8, 4) is 6.07 Å². The van der Waals surface area contributed by atoms with E-state index in [4.69, 9.17) is 16.4 Å². The van der Waals surface area contributed by atoms with Gasteiger partial charge in [-0.05, 0) is 12.1 Å². The van der Waals surface area contributed by atoms with E-state index in [-0.39, 0.29) is 17.7 Å². The zero-order chi connectivity index (χ0) is 10.7. The summed E-state index contributed by atoms with van der Waals surface area (Å²) in [5.41, 5.74) is 4.18. The number of anilines is 1. The van der Waals surface area contributed by atoms with E-state index in [1.807, 2.05) is 0 Å². The van der Waals surface area contributed by atoms with Crippen LogP contribution in [0, 0.1) is 28.4 Å². The van der Waals surface area contributed by atoms with E-state index in [1.165, 1.54) is 0 Å². The Labute approximate surface area is 79.3 Å². The first kappa shape index (κ1) is 10.1. The number of rotatable bonds is 2. The first-order valence-corrected chi connectivity index (χ1v) is 3.76. The second-order valence-corrected chi connectivity index (χ2v) is 2.63. The van der Waals surface area contributed by atoms with Crippen LogP contribution in [0.4, 0.5) is 14.5 Å². The molecule has 3 N–H and O–H groups in total. The number of nitrogens with two attached hydrogens (primary N) is 1. The van der Waals surface area contributed by atoms with Crippen molar-refractivity contribution in [3.63, 3.8) is 0 Å². The van der Waals surface area contributed by atoms with Crippen molar-refractivity contribution in [1.82, 2.24) is 0 Å². The number of nitrogens with one attached hydrogen (secondary N) is 1. The van der Waals surface area contributed by atoms with Gasteiger partial charge in [0.15, 0.2) is 0 Å². The largest absolute Gasteiger partial charge is 0.396 e. The fourth-order valence-electron chi connectivity index (χ4n) is 1.04. The molecule has 0 fully saturated rings. The first-order valence-electron chi connectivity index (χ1n) is 3.76. The zero-order valence-electron chi connectivity index (χ0n) is 7.14. The Kier molecular flexibility index (Phi) is 2.77. The minimum atomic E-state index is -0.788. The molecule has 1 aromatic rings. The van der Waals surface area contributed by atoms with Gasteiger partial charge in [-0.25, -0.2) is 8.78 Å². The van der Waals surface area contributed by atoms with E-state index in [1.54, 1.807) is 6.07 Å². The van der Waals surface area contributed by atoms with Crippen LogP contribution in [-0.4, -0.2) is 5.71 Å². The first-order chi connectivity index (χ1) is 6.57. The van der Waals surface area contributed by atoms with Crippen molar-refractivity contribution in [1.29, 1.82) is 10.7 Å². The average Bonchev–Trinajstić information content (AvgIpc) is 2.13. The predicted molar refractivity (Wildman–Crippen MR) is 47.8 cm³/mol. The summed E-state index contributed by atoms with van der Waals surface area (Å²) < 4.78 is 26.0. The number of hydrogen-bond donors (Lipinski definition) is 2. The summed E-state index contributed by atoms with van der Waals surface area (Å²) in [5, 5.41) is 15.6. The molecule has 72 valence electrons. The molecule has 0 atom stereocenters. The van der Waals surface area contributed by atoms with Crippen LogP contribution in [0.15, 0.2) is 12.1 Å². The molecule has 5 heteroatoms. The molecule has 1 aromatic carbocycles. The van der Waals surface area contributed by atoms with Gasteiger partial charge in [-0.3, -0.25) is 0 Å². The summed E-state index contributed by atoms with van der Waals surface area (Å²) in [7, 11) is 0. The molecule has 0 aliphatic heterocycles. The lowest BCUT2D eigenvalue weighted by molar-refractivity contribution is 0.601. The third-order valence-electron chi connectivity index (χ3n) is 1.70. The Balaban J connectivity index is 3.27. The third-order valence-corrected chi connectivity index (χ3v) is 1.70. The Morgan fingerprint density at radius 3 is 2.57 bits per heavy atom. The molecule has 0 amide bonds. The fourth-order valence-corrected chi connectivity index (χ4v) is 1.04. The lowest BCUT2D eigenvalue weighted by Gasteiger charge is -2.06. The molecule has 14 heavy (non-hydrogen) atoms. The standard InChI is InChI=1S/C9H7F2N3/c10-5-1-2-6(11)9(14)8(5)7(13)3-4-12/h1-2,13H,3,14H2. The van der Waals surface area contributed by atoms with Crippen LogP contribution in [-0.2, 0) is 0 Å². The molecule has 0 spiro atoms. The average molecular weight is 195 g/mol. The highest BCUT2D eigenvalue weighted by molar-refractivity contribution is 6.03. The lowest BCUT2D eigenvalue weighted by Crippen LogP contribution is -2.08. The van der Waals surface area contributed by atoms with Gasteiger partial charge in [-0.15, -0.1) is 0 Å². The lowest BCUT2D eigenvalue weighted by atomic mass is 10.0. The Bertz CT molecular complexity index is 421. The summed E-state index contributed by atoms with van der Waals surface area (Å²) >= 11 is 0. The minimum absolute atomic E-state index is 0.301. The van der Waals surface area contributed by atoms with Crippen LogP contribution in [0.25, 0.3) is 0 Å². The van der Waals surface area contributed by atoms with Crippen molar-refractivity contribution in [2.45, 2.75) is 6.42 Å². The molecule has 0 saturated heterocycles. The van der Waals surface area contributed by atoms with Gasteiger partial charge < -0.3 is 11.1 Å². The monoisotopic (exact) mass is 195 g/mol. The van der Waals surface area contributed by atoms with Gasteiger partial charge in [-0.2, -0.15) is 5.26 Å². The summed E-state index contributed by atoms with van der Waals surface area (Å²) in [5.74, 6) is -1.58. The highest BCUT2D eigenvalue weighted by atomic mass is 19.1. The third kappa shape index (κ3) is 1.69. The van der Waals surface area contributed by atoms with Crippen LogP contribution in [0.5, 0.6) is 0 Å². The van der Waals surface area contributed by atoms with Gasteiger partial charge in [-0.1, -0.05) is 0 Å². The topological polar surface area (TPSA) is 73.7 Å².